The minimum atomic E-state index is -0.597. The van der Waals surface area contributed by atoms with E-state index in [1.165, 1.54) is 23.5 Å². The van der Waals surface area contributed by atoms with Crippen LogP contribution < -0.4 is 10.6 Å². The number of benzene rings is 1. The largest absolute Gasteiger partial charge is 0.390 e. The van der Waals surface area contributed by atoms with Crippen LogP contribution in [0.25, 0.3) is 12.2 Å². The van der Waals surface area contributed by atoms with Gasteiger partial charge in [0, 0.05) is 37.3 Å². The second kappa shape index (κ2) is 12.1. The molecule has 3 aromatic rings. The van der Waals surface area contributed by atoms with Gasteiger partial charge in [-0.25, -0.2) is 9.37 Å². The number of aliphatic hydroxyl groups is 1. The second-order valence-corrected chi connectivity index (χ2v) is 9.59. The third-order valence-electron chi connectivity index (χ3n) is 5.31. The van der Waals surface area contributed by atoms with Gasteiger partial charge in [0.25, 0.3) is 0 Å². The van der Waals surface area contributed by atoms with Crippen LogP contribution in [-0.2, 0) is 4.74 Å². The highest BCUT2D eigenvalue weighted by Crippen LogP contribution is 2.27. The van der Waals surface area contributed by atoms with Crippen molar-refractivity contribution >= 4 is 40.5 Å². The van der Waals surface area contributed by atoms with Gasteiger partial charge in [-0.1, -0.05) is 32.1 Å². The fraction of sp³-hybridized carbons (Fsp3) is 0.417. The minimum Gasteiger partial charge on any atom is -0.390 e. The van der Waals surface area contributed by atoms with Crippen LogP contribution in [-0.4, -0.2) is 75.4 Å². The monoisotopic (exact) mass is 499 g/mol. The summed E-state index contributed by atoms with van der Waals surface area (Å²) in [6.45, 7) is 8.01. The number of hydrogen-bond donors (Lipinski definition) is 3. The molecule has 0 saturated carbocycles. The van der Waals surface area contributed by atoms with Gasteiger partial charge in [0.1, 0.15) is 5.82 Å². The smallest absolute Gasteiger partial charge is 0.234 e. The summed E-state index contributed by atoms with van der Waals surface area (Å²) in [6, 6.07) is 6.27. The van der Waals surface area contributed by atoms with Crippen LogP contribution in [0.3, 0.4) is 0 Å². The first-order valence-electron chi connectivity index (χ1n) is 11.6. The molecule has 1 aromatic carbocycles. The van der Waals surface area contributed by atoms with Crippen molar-refractivity contribution in [1.82, 2.24) is 24.8 Å². The van der Waals surface area contributed by atoms with Gasteiger partial charge in [0.2, 0.25) is 11.9 Å². The Kier molecular flexibility index (Phi) is 8.69. The maximum absolute atomic E-state index is 13.5. The second-order valence-electron chi connectivity index (χ2n) is 8.52. The highest BCUT2D eigenvalue weighted by atomic mass is 32.1. The molecule has 0 spiro atoms. The molecule has 2 aromatic heterocycles. The number of aliphatic hydroxyl groups excluding tert-OH is 1. The fourth-order valence-electron chi connectivity index (χ4n) is 3.45. The molecule has 0 aliphatic carbocycles. The predicted octanol–water partition coefficient (Wildman–Crippen LogP) is 3.61. The molecule has 4 rings (SSSR count). The number of β-amino-alcohol motifs (C(OH)–C–C–N with tert-alkyl or cyclic N) is 1. The standard InChI is InChI=1S/C24H30FN7O2S/c1-16(2)20-14-27-24(35-20)31-23-29-21(7-6-17-4-3-5-18(25)12-17)28-22(30-23)26-13-19(33)15-32-8-10-34-11-9-32/h3-7,12,14,16,19,33H,8-11,13,15H2,1-2H3,(H2,26,27,28,29,30,31). The number of ether oxygens (including phenoxy) is 1. The molecule has 9 nitrogen and oxygen atoms in total. The Labute approximate surface area is 208 Å². The van der Waals surface area contributed by atoms with E-state index < -0.39 is 6.10 Å². The molecule has 1 atom stereocenters. The van der Waals surface area contributed by atoms with Crippen LogP contribution in [0.4, 0.5) is 21.4 Å². The van der Waals surface area contributed by atoms with Crippen molar-refractivity contribution in [2.45, 2.75) is 25.9 Å². The first-order chi connectivity index (χ1) is 16.9. The third-order valence-corrected chi connectivity index (χ3v) is 6.52. The Hall–Kier alpha value is -2.99. The molecule has 3 heterocycles. The first kappa shape index (κ1) is 25.1. The van der Waals surface area contributed by atoms with E-state index in [-0.39, 0.29) is 12.4 Å². The Morgan fingerprint density at radius 3 is 2.71 bits per heavy atom. The normalized spacial score (nSPS) is 15.6. The van der Waals surface area contributed by atoms with Crippen molar-refractivity contribution < 1.29 is 14.2 Å². The topological polar surface area (TPSA) is 108 Å². The van der Waals surface area contributed by atoms with Gasteiger partial charge >= 0.3 is 0 Å². The van der Waals surface area contributed by atoms with Crippen LogP contribution in [0.5, 0.6) is 0 Å². The number of anilines is 3. The van der Waals surface area contributed by atoms with E-state index in [0.717, 1.165) is 18.0 Å². The molecule has 0 amide bonds. The van der Waals surface area contributed by atoms with E-state index >= 15 is 0 Å². The highest BCUT2D eigenvalue weighted by Gasteiger charge is 2.16. The summed E-state index contributed by atoms with van der Waals surface area (Å²) in [4.78, 5) is 21.1. The molecule has 186 valence electrons. The Morgan fingerprint density at radius 1 is 1.17 bits per heavy atom. The fourth-order valence-corrected chi connectivity index (χ4v) is 4.26. The number of hydrogen-bond acceptors (Lipinski definition) is 10. The number of nitrogens with zero attached hydrogens (tertiary/aromatic N) is 5. The maximum Gasteiger partial charge on any atom is 0.234 e. The summed E-state index contributed by atoms with van der Waals surface area (Å²) in [5.41, 5.74) is 0.692. The number of nitrogens with one attached hydrogen (secondary N) is 2. The van der Waals surface area contributed by atoms with Crippen LogP contribution in [0, 0.1) is 5.82 Å². The van der Waals surface area contributed by atoms with Crippen molar-refractivity contribution in [2.75, 3.05) is 50.0 Å². The predicted molar refractivity (Wildman–Crippen MR) is 136 cm³/mol. The van der Waals surface area contributed by atoms with Crippen molar-refractivity contribution in [3.8, 4) is 0 Å². The first-order valence-corrected chi connectivity index (χ1v) is 12.4. The lowest BCUT2D eigenvalue weighted by molar-refractivity contribution is 0.0171. The van der Waals surface area contributed by atoms with Crippen LogP contribution in [0.1, 0.15) is 36.0 Å². The van der Waals surface area contributed by atoms with Gasteiger partial charge in [-0.15, -0.1) is 11.3 Å². The zero-order valence-corrected chi connectivity index (χ0v) is 20.6. The van der Waals surface area contributed by atoms with E-state index in [9.17, 15) is 9.50 Å². The van der Waals surface area contributed by atoms with Crippen molar-refractivity contribution in [1.29, 1.82) is 0 Å². The number of rotatable bonds is 10. The van der Waals surface area contributed by atoms with Crippen molar-refractivity contribution in [3.63, 3.8) is 0 Å². The van der Waals surface area contributed by atoms with Gasteiger partial charge < -0.3 is 15.2 Å². The van der Waals surface area contributed by atoms with Crippen LogP contribution in [0.15, 0.2) is 30.5 Å². The van der Waals surface area contributed by atoms with Gasteiger partial charge in [-0.3, -0.25) is 10.2 Å². The molecule has 1 saturated heterocycles. The van der Waals surface area contributed by atoms with E-state index in [4.69, 9.17) is 4.74 Å². The number of morpholine rings is 1. The zero-order valence-electron chi connectivity index (χ0n) is 19.8. The molecule has 1 aliphatic rings. The van der Waals surface area contributed by atoms with E-state index in [2.05, 4.69) is 49.3 Å². The third kappa shape index (κ3) is 7.76. The number of halogens is 1. The van der Waals surface area contributed by atoms with Crippen LogP contribution in [0.2, 0.25) is 0 Å². The summed E-state index contributed by atoms with van der Waals surface area (Å²) < 4.78 is 18.9. The molecule has 1 fully saturated rings. The average molecular weight is 500 g/mol. The van der Waals surface area contributed by atoms with E-state index in [1.54, 1.807) is 24.3 Å². The summed E-state index contributed by atoms with van der Waals surface area (Å²) in [7, 11) is 0. The number of thiazole rings is 1. The molecular formula is C24H30FN7O2S. The van der Waals surface area contributed by atoms with Crippen molar-refractivity contribution in [2.24, 2.45) is 0 Å². The summed E-state index contributed by atoms with van der Waals surface area (Å²) in [6.07, 6.45) is 4.67. The van der Waals surface area contributed by atoms with Gasteiger partial charge in [0.05, 0.1) is 19.3 Å². The lowest BCUT2D eigenvalue weighted by Crippen LogP contribution is -2.42. The quantitative estimate of drug-likeness (QED) is 0.385. The summed E-state index contributed by atoms with van der Waals surface area (Å²) in [5.74, 6) is 1.09. The highest BCUT2D eigenvalue weighted by molar-refractivity contribution is 7.15. The Morgan fingerprint density at radius 2 is 1.97 bits per heavy atom. The molecule has 1 aliphatic heterocycles. The molecule has 35 heavy (non-hydrogen) atoms. The number of aromatic nitrogens is 4. The van der Waals surface area contributed by atoms with E-state index in [0.29, 0.717) is 54.1 Å². The molecule has 11 heteroatoms. The minimum absolute atomic E-state index is 0.280. The van der Waals surface area contributed by atoms with Gasteiger partial charge in [-0.2, -0.15) is 15.0 Å². The summed E-state index contributed by atoms with van der Waals surface area (Å²) in [5, 5.41) is 17.4. The maximum atomic E-state index is 13.5. The Balaban J connectivity index is 1.49. The molecule has 0 bridgehead atoms. The summed E-state index contributed by atoms with van der Waals surface area (Å²) >= 11 is 1.54. The molecule has 1 unspecified atom stereocenters. The zero-order chi connectivity index (χ0) is 24.6. The van der Waals surface area contributed by atoms with Gasteiger partial charge in [-0.05, 0) is 29.7 Å². The van der Waals surface area contributed by atoms with E-state index in [1.807, 2.05) is 6.20 Å². The lowest BCUT2D eigenvalue weighted by atomic mass is 10.2. The average Bonchev–Trinajstić information content (AvgIpc) is 3.31. The lowest BCUT2D eigenvalue weighted by Gasteiger charge is -2.28. The molecular weight excluding hydrogens is 469 g/mol. The Bertz CT molecular complexity index is 1130. The van der Waals surface area contributed by atoms with Crippen LogP contribution >= 0.6 is 11.3 Å². The molecule has 3 N–H and O–H groups in total. The van der Waals surface area contributed by atoms with Crippen molar-refractivity contribution in [3.05, 3.63) is 52.5 Å². The molecule has 0 radical (unpaired) electrons. The SMILES string of the molecule is CC(C)c1cnc(Nc2nc(C=Cc3cccc(F)c3)nc(NCC(O)CN3CCOCC3)n2)s1. The van der Waals surface area contributed by atoms with Gasteiger partial charge in [0.15, 0.2) is 11.0 Å².